The van der Waals surface area contributed by atoms with Gasteiger partial charge in [-0.2, -0.15) is 0 Å². The Labute approximate surface area is 142 Å². The molecule has 1 amide bonds. The van der Waals surface area contributed by atoms with E-state index in [9.17, 15) is 19.7 Å². The summed E-state index contributed by atoms with van der Waals surface area (Å²) in [4.78, 5) is 38.1. The average molecular weight is 345 g/mol. The van der Waals surface area contributed by atoms with Gasteiger partial charge in [-0.25, -0.2) is 9.78 Å². The second-order valence-electron chi connectivity index (χ2n) is 4.89. The summed E-state index contributed by atoms with van der Waals surface area (Å²) in [6.45, 7) is 1.40. The lowest BCUT2D eigenvalue weighted by Crippen LogP contribution is -2.30. The molecule has 1 aromatic heterocycles. The molecule has 0 bridgehead atoms. The van der Waals surface area contributed by atoms with Crippen LogP contribution in [0.25, 0.3) is 0 Å². The maximum atomic E-state index is 12.2. The summed E-state index contributed by atoms with van der Waals surface area (Å²) in [5, 5.41) is 13.3. The first-order valence-electron chi connectivity index (χ1n) is 7.17. The van der Waals surface area contributed by atoms with Gasteiger partial charge < -0.3 is 14.8 Å². The van der Waals surface area contributed by atoms with Gasteiger partial charge in [-0.3, -0.25) is 14.9 Å². The molecule has 1 heterocycles. The lowest BCUT2D eigenvalue weighted by atomic mass is 10.2. The van der Waals surface area contributed by atoms with Gasteiger partial charge in [-0.1, -0.05) is 6.07 Å². The predicted molar refractivity (Wildman–Crippen MR) is 87.4 cm³/mol. The quantitative estimate of drug-likeness (QED) is 0.484. The lowest BCUT2D eigenvalue weighted by Gasteiger charge is -2.14. The molecule has 0 saturated heterocycles. The summed E-state index contributed by atoms with van der Waals surface area (Å²) in [6.07, 6.45) is 0.331. The Morgan fingerprint density at radius 1 is 1.28 bits per heavy atom. The monoisotopic (exact) mass is 345 g/mol. The molecule has 1 aromatic carbocycles. The van der Waals surface area contributed by atoms with Crippen LogP contribution in [0, 0.1) is 10.1 Å². The zero-order valence-corrected chi connectivity index (χ0v) is 13.5. The van der Waals surface area contributed by atoms with Crippen molar-refractivity contribution in [3.63, 3.8) is 0 Å². The number of nitrogens with one attached hydrogen (secondary N) is 1. The molecule has 0 aliphatic heterocycles. The van der Waals surface area contributed by atoms with Gasteiger partial charge >= 0.3 is 5.97 Å². The van der Waals surface area contributed by atoms with Gasteiger partial charge in [0.25, 0.3) is 11.6 Å². The lowest BCUT2D eigenvalue weighted by molar-refractivity contribution is -0.384. The fourth-order valence-electron chi connectivity index (χ4n) is 1.89. The van der Waals surface area contributed by atoms with Gasteiger partial charge in [-0.15, -0.1) is 0 Å². The number of nitro benzene ring substituents is 1. The highest BCUT2D eigenvalue weighted by molar-refractivity contribution is 5.97. The number of amides is 1. The molecular formula is C16H15N3O6. The molecule has 1 atom stereocenters. The molecule has 2 rings (SSSR count). The summed E-state index contributed by atoms with van der Waals surface area (Å²) < 4.78 is 10.1. The van der Waals surface area contributed by atoms with Crippen molar-refractivity contribution < 1.29 is 24.0 Å². The number of nitro groups is 1. The largest absolute Gasteiger partial charge is 0.494 e. The predicted octanol–water partition coefficient (Wildman–Crippen LogP) is 2.18. The Morgan fingerprint density at radius 2 is 2.04 bits per heavy atom. The SMILES string of the molecule is COc1cc([N+](=O)[O-])ccc1NC(=O)[C@@H](C)OC(=O)c1ccccn1. The molecule has 0 aliphatic rings. The molecule has 25 heavy (non-hydrogen) atoms. The second-order valence-corrected chi connectivity index (χ2v) is 4.89. The van der Waals surface area contributed by atoms with Crippen LogP contribution in [-0.4, -0.2) is 35.0 Å². The van der Waals surface area contributed by atoms with Crippen molar-refractivity contribution in [3.05, 3.63) is 58.4 Å². The van der Waals surface area contributed by atoms with E-state index in [1.54, 1.807) is 12.1 Å². The van der Waals surface area contributed by atoms with Crippen molar-refractivity contribution in [2.75, 3.05) is 12.4 Å². The normalized spacial score (nSPS) is 11.3. The van der Waals surface area contributed by atoms with Crippen molar-refractivity contribution in [2.45, 2.75) is 13.0 Å². The minimum atomic E-state index is -1.10. The third-order valence-electron chi connectivity index (χ3n) is 3.18. The van der Waals surface area contributed by atoms with Crippen LogP contribution in [0.15, 0.2) is 42.6 Å². The number of hydrogen-bond acceptors (Lipinski definition) is 7. The topological polar surface area (TPSA) is 121 Å². The molecule has 0 saturated carbocycles. The summed E-state index contributed by atoms with van der Waals surface area (Å²) in [5.74, 6) is -1.24. The number of aromatic nitrogens is 1. The molecule has 0 spiro atoms. The third-order valence-corrected chi connectivity index (χ3v) is 3.18. The van der Waals surface area contributed by atoms with Crippen LogP contribution in [-0.2, 0) is 9.53 Å². The van der Waals surface area contributed by atoms with Crippen LogP contribution >= 0.6 is 0 Å². The van der Waals surface area contributed by atoms with Crippen molar-refractivity contribution in [1.82, 2.24) is 4.98 Å². The van der Waals surface area contributed by atoms with Gasteiger partial charge in [0.15, 0.2) is 6.10 Å². The molecule has 130 valence electrons. The zero-order chi connectivity index (χ0) is 18.4. The van der Waals surface area contributed by atoms with Crippen LogP contribution in [0.4, 0.5) is 11.4 Å². The standard InChI is InChI=1S/C16H15N3O6/c1-10(25-16(21)13-5-3-4-8-17-13)15(20)18-12-7-6-11(19(22)23)9-14(12)24-2/h3-10H,1-2H3,(H,18,20)/t10-/m1/s1. The van der Waals surface area contributed by atoms with Gasteiger partial charge in [0.05, 0.1) is 23.8 Å². The molecule has 0 aliphatic carbocycles. The highest BCUT2D eigenvalue weighted by Crippen LogP contribution is 2.29. The highest BCUT2D eigenvalue weighted by atomic mass is 16.6. The molecule has 1 N–H and O–H groups in total. The van der Waals surface area contributed by atoms with E-state index in [1.165, 1.54) is 44.5 Å². The van der Waals surface area contributed by atoms with E-state index in [2.05, 4.69) is 10.3 Å². The van der Waals surface area contributed by atoms with Crippen molar-refractivity contribution in [2.24, 2.45) is 0 Å². The number of esters is 1. The molecule has 9 nitrogen and oxygen atoms in total. The Balaban J connectivity index is 2.06. The van der Waals surface area contributed by atoms with Crippen molar-refractivity contribution >= 4 is 23.3 Å². The number of methoxy groups -OCH3 is 1. The molecule has 2 aromatic rings. The van der Waals surface area contributed by atoms with Crippen molar-refractivity contribution in [3.8, 4) is 5.75 Å². The first-order valence-corrected chi connectivity index (χ1v) is 7.17. The fraction of sp³-hybridized carbons (Fsp3) is 0.188. The van der Waals surface area contributed by atoms with Crippen LogP contribution in [0.2, 0.25) is 0 Å². The van der Waals surface area contributed by atoms with E-state index in [-0.39, 0.29) is 22.8 Å². The van der Waals surface area contributed by atoms with E-state index in [0.717, 1.165) is 0 Å². The van der Waals surface area contributed by atoms with Crippen LogP contribution in [0.5, 0.6) is 5.75 Å². The van der Waals surface area contributed by atoms with E-state index in [1.807, 2.05) is 0 Å². The van der Waals surface area contributed by atoms with E-state index in [0.29, 0.717) is 0 Å². The first-order chi connectivity index (χ1) is 11.9. The zero-order valence-electron chi connectivity index (χ0n) is 13.5. The molecule has 9 heteroatoms. The number of benzene rings is 1. The molecule has 0 radical (unpaired) electrons. The minimum Gasteiger partial charge on any atom is -0.494 e. The fourth-order valence-corrected chi connectivity index (χ4v) is 1.89. The second kappa shape index (κ2) is 7.86. The van der Waals surface area contributed by atoms with Gasteiger partial charge in [0.2, 0.25) is 0 Å². The van der Waals surface area contributed by atoms with Gasteiger partial charge in [0, 0.05) is 12.3 Å². The highest BCUT2D eigenvalue weighted by Gasteiger charge is 2.21. The summed E-state index contributed by atoms with van der Waals surface area (Å²) in [5.41, 5.74) is 0.123. The Kier molecular flexibility index (Phi) is 5.62. The number of rotatable bonds is 6. The number of carbonyl (C=O) groups is 2. The van der Waals surface area contributed by atoms with Crippen molar-refractivity contribution in [1.29, 1.82) is 0 Å². The smallest absolute Gasteiger partial charge is 0.357 e. The van der Waals surface area contributed by atoms with E-state index >= 15 is 0 Å². The van der Waals surface area contributed by atoms with Crippen LogP contribution in [0.3, 0.4) is 0 Å². The molecular weight excluding hydrogens is 330 g/mol. The molecule has 0 fully saturated rings. The van der Waals surface area contributed by atoms with Crippen LogP contribution < -0.4 is 10.1 Å². The number of non-ortho nitro benzene ring substituents is 1. The Hall–Kier alpha value is -3.49. The van der Waals surface area contributed by atoms with Gasteiger partial charge in [-0.05, 0) is 25.1 Å². The summed E-state index contributed by atoms with van der Waals surface area (Å²) in [7, 11) is 1.32. The summed E-state index contributed by atoms with van der Waals surface area (Å²) in [6, 6.07) is 8.47. The number of ether oxygens (including phenoxy) is 2. The van der Waals surface area contributed by atoms with Gasteiger partial charge in [0.1, 0.15) is 11.4 Å². The maximum Gasteiger partial charge on any atom is 0.357 e. The van der Waals surface area contributed by atoms with E-state index in [4.69, 9.17) is 9.47 Å². The number of pyridine rings is 1. The summed E-state index contributed by atoms with van der Waals surface area (Å²) >= 11 is 0. The third kappa shape index (κ3) is 4.50. The first kappa shape index (κ1) is 17.9. The van der Waals surface area contributed by atoms with Crippen LogP contribution in [0.1, 0.15) is 17.4 Å². The number of carbonyl (C=O) groups excluding carboxylic acids is 2. The maximum absolute atomic E-state index is 12.2. The molecule has 0 unspecified atom stereocenters. The Morgan fingerprint density at radius 3 is 2.64 bits per heavy atom. The Bertz CT molecular complexity index is 794. The minimum absolute atomic E-state index is 0.0788. The number of anilines is 1. The van der Waals surface area contributed by atoms with E-state index < -0.39 is 22.9 Å². The average Bonchev–Trinajstić information content (AvgIpc) is 2.62. The number of hydrogen-bond donors (Lipinski definition) is 1. The number of nitrogens with zero attached hydrogens (tertiary/aromatic N) is 2.